The van der Waals surface area contributed by atoms with E-state index >= 15 is 0 Å². The third-order valence-electron chi connectivity index (χ3n) is 4.03. The molecule has 3 nitrogen and oxygen atoms in total. The minimum absolute atomic E-state index is 0.556. The lowest BCUT2D eigenvalue weighted by Gasteiger charge is -2.11. The highest BCUT2D eigenvalue weighted by Crippen LogP contribution is 2.28. The third kappa shape index (κ3) is 2.57. The van der Waals surface area contributed by atoms with Gasteiger partial charge in [0, 0.05) is 16.6 Å². The standard InChI is InChI=1S/C20H17N3/c21-20-12-6-10-17(22-20)14-23-18-11-5-4-9-16(18)13-19(23)15-7-2-1-3-8-15/h1-13H,14H2,(H2,21,22). The highest BCUT2D eigenvalue weighted by molar-refractivity contribution is 5.87. The smallest absolute Gasteiger partial charge is 0.123 e. The van der Waals surface area contributed by atoms with E-state index in [1.54, 1.807) is 0 Å². The molecule has 0 fully saturated rings. The van der Waals surface area contributed by atoms with Crippen LogP contribution in [0.2, 0.25) is 0 Å². The van der Waals surface area contributed by atoms with E-state index in [-0.39, 0.29) is 0 Å². The molecule has 0 aliphatic rings. The molecule has 3 heteroatoms. The Labute approximate surface area is 135 Å². The summed E-state index contributed by atoms with van der Waals surface area (Å²) in [6.07, 6.45) is 0. The maximum absolute atomic E-state index is 5.83. The molecule has 23 heavy (non-hydrogen) atoms. The van der Waals surface area contributed by atoms with E-state index in [0.29, 0.717) is 12.4 Å². The van der Waals surface area contributed by atoms with Crippen molar-refractivity contribution in [2.75, 3.05) is 5.73 Å². The van der Waals surface area contributed by atoms with Crippen LogP contribution in [0, 0.1) is 0 Å². The summed E-state index contributed by atoms with van der Waals surface area (Å²) in [4.78, 5) is 4.45. The first-order valence-corrected chi connectivity index (χ1v) is 7.66. The van der Waals surface area contributed by atoms with Crippen molar-refractivity contribution in [3.8, 4) is 11.3 Å². The van der Waals surface area contributed by atoms with Gasteiger partial charge < -0.3 is 10.3 Å². The van der Waals surface area contributed by atoms with Gasteiger partial charge in [0.25, 0.3) is 0 Å². The zero-order valence-corrected chi connectivity index (χ0v) is 12.7. The summed E-state index contributed by atoms with van der Waals surface area (Å²) in [6, 6.07) is 26.9. The number of hydrogen-bond acceptors (Lipinski definition) is 2. The van der Waals surface area contributed by atoms with E-state index in [2.05, 4.69) is 64.1 Å². The average Bonchev–Trinajstić information content (AvgIpc) is 2.95. The summed E-state index contributed by atoms with van der Waals surface area (Å²) in [5.41, 5.74) is 10.4. The van der Waals surface area contributed by atoms with Crippen molar-refractivity contribution in [3.05, 3.63) is 84.6 Å². The second kappa shape index (κ2) is 5.61. The molecular weight excluding hydrogens is 282 g/mol. The Morgan fingerprint density at radius 3 is 2.43 bits per heavy atom. The molecule has 4 aromatic rings. The Hall–Kier alpha value is -3.07. The Kier molecular flexibility index (Phi) is 3.31. The molecule has 2 aromatic carbocycles. The monoisotopic (exact) mass is 299 g/mol. The Bertz CT molecular complexity index is 955. The Morgan fingerprint density at radius 1 is 0.826 bits per heavy atom. The molecule has 112 valence electrons. The molecule has 0 spiro atoms. The Morgan fingerprint density at radius 2 is 1.61 bits per heavy atom. The lowest BCUT2D eigenvalue weighted by atomic mass is 10.1. The van der Waals surface area contributed by atoms with Crippen LogP contribution in [-0.2, 0) is 6.54 Å². The van der Waals surface area contributed by atoms with Gasteiger partial charge in [-0.2, -0.15) is 0 Å². The molecule has 0 saturated carbocycles. The van der Waals surface area contributed by atoms with E-state index in [9.17, 15) is 0 Å². The van der Waals surface area contributed by atoms with E-state index in [1.165, 1.54) is 22.2 Å². The van der Waals surface area contributed by atoms with Gasteiger partial charge in [-0.3, -0.25) is 0 Å². The van der Waals surface area contributed by atoms with Crippen LogP contribution in [0.15, 0.2) is 78.9 Å². The van der Waals surface area contributed by atoms with Crippen LogP contribution in [-0.4, -0.2) is 9.55 Å². The van der Waals surface area contributed by atoms with Crippen LogP contribution in [0.3, 0.4) is 0 Å². The first kappa shape index (κ1) is 13.6. The molecule has 0 saturated heterocycles. The zero-order chi connectivity index (χ0) is 15.6. The van der Waals surface area contributed by atoms with Gasteiger partial charge in [0.2, 0.25) is 0 Å². The maximum Gasteiger partial charge on any atom is 0.123 e. The molecule has 0 aliphatic heterocycles. The number of para-hydroxylation sites is 1. The molecule has 2 aromatic heterocycles. The van der Waals surface area contributed by atoms with Crippen molar-refractivity contribution in [3.63, 3.8) is 0 Å². The third-order valence-corrected chi connectivity index (χ3v) is 4.03. The van der Waals surface area contributed by atoms with Gasteiger partial charge in [0.1, 0.15) is 5.82 Å². The molecule has 0 amide bonds. The fraction of sp³-hybridized carbons (Fsp3) is 0.0500. The van der Waals surface area contributed by atoms with Gasteiger partial charge in [-0.25, -0.2) is 4.98 Å². The fourth-order valence-corrected chi connectivity index (χ4v) is 2.98. The summed E-state index contributed by atoms with van der Waals surface area (Å²) in [7, 11) is 0. The number of benzene rings is 2. The summed E-state index contributed by atoms with van der Waals surface area (Å²) < 4.78 is 2.30. The van der Waals surface area contributed by atoms with Gasteiger partial charge in [0.05, 0.1) is 12.2 Å². The number of hydrogen-bond donors (Lipinski definition) is 1. The highest BCUT2D eigenvalue weighted by atomic mass is 15.0. The predicted molar refractivity (Wildman–Crippen MR) is 95.1 cm³/mol. The van der Waals surface area contributed by atoms with Gasteiger partial charge in [-0.05, 0) is 29.8 Å². The summed E-state index contributed by atoms with van der Waals surface area (Å²) >= 11 is 0. The van der Waals surface area contributed by atoms with Gasteiger partial charge in [-0.15, -0.1) is 0 Å². The molecule has 0 radical (unpaired) electrons. The number of nitrogens with two attached hydrogens (primary N) is 1. The average molecular weight is 299 g/mol. The van der Waals surface area contributed by atoms with Crippen LogP contribution in [0.25, 0.3) is 22.2 Å². The Balaban J connectivity index is 1.89. The molecule has 0 unspecified atom stereocenters. The molecule has 0 aliphatic carbocycles. The molecule has 0 bridgehead atoms. The number of fused-ring (bicyclic) bond motifs is 1. The number of anilines is 1. The van der Waals surface area contributed by atoms with Gasteiger partial charge in [-0.1, -0.05) is 54.6 Å². The largest absolute Gasteiger partial charge is 0.384 e. The second-order valence-corrected chi connectivity index (χ2v) is 5.59. The van der Waals surface area contributed by atoms with Gasteiger partial charge >= 0.3 is 0 Å². The predicted octanol–water partition coefficient (Wildman–Crippen LogP) is 4.33. The highest BCUT2D eigenvalue weighted by Gasteiger charge is 2.11. The zero-order valence-electron chi connectivity index (χ0n) is 12.7. The van der Waals surface area contributed by atoms with Crippen LogP contribution in [0.1, 0.15) is 5.69 Å². The minimum atomic E-state index is 0.556. The summed E-state index contributed by atoms with van der Waals surface area (Å²) in [6.45, 7) is 0.697. The minimum Gasteiger partial charge on any atom is -0.384 e. The quantitative estimate of drug-likeness (QED) is 0.612. The molecule has 2 N–H and O–H groups in total. The van der Waals surface area contributed by atoms with Crippen molar-refractivity contribution < 1.29 is 0 Å². The van der Waals surface area contributed by atoms with Crippen LogP contribution >= 0.6 is 0 Å². The van der Waals surface area contributed by atoms with E-state index < -0.39 is 0 Å². The number of nitrogen functional groups attached to an aromatic ring is 1. The molecule has 4 rings (SSSR count). The van der Waals surface area contributed by atoms with Crippen molar-refractivity contribution in [2.45, 2.75) is 6.54 Å². The van der Waals surface area contributed by atoms with Crippen LogP contribution < -0.4 is 5.73 Å². The fourth-order valence-electron chi connectivity index (χ4n) is 2.98. The SMILES string of the molecule is Nc1cccc(Cn2c(-c3ccccc3)cc3ccccc32)n1. The van der Waals surface area contributed by atoms with Crippen LogP contribution in [0.5, 0.6) is 0 Å². The topological polar surface area (TPSA) is 43.8 Å². The van der Waals surface area contributed by atoms with E-state index in [4.69, 9.17) is 5.73 Å². The van der Waals surface area contributed by atoms with E-state index in [0.717, 1.165) is 5.69 Å². The van der Waals surface area contributed by atoms with Crippen molar-refractivity contribution in [1.82, 2.24) is 9.55 Å². The van der Waals surface area contributed by atoms with Crippen LogP contribution in [0.4, 0.5) is 5.82 Å². The van der Waals surface area contributed by atoms with Crippen molar-refractivity contribution >= 4 is 16.7 Å². The molecule has 2 heterocycles. The number of rotatable bonds is 3. The van der Waals surface area contributed by atoms with Crippen molar-refractivity contribution in [1.29, 1.82) is 0 Å². The molecular formula is C20H17N3. The normalized spacial score (nSPS) is 11.0. The lowest BCUT2D eigenvalue weighted by molar-refractivity contribution is 0.816. The first-order valence-electron chi connectivity index (χ1n) is 7.66. The lowest BCUT2D eigenvalue weighted by Crippen LogP contribution is -2.04. The van der Waals surface area contributed by atoms with E-state index in [1.807, 2.05) is 24.3 Å². The van der Waals surface area contributed by atoms with Crippen molar-refractivity contribution in [2.24, 2.45) is 0 Å². The summed E-state index contributed by atoms with van der Waals surface area (Å²) in [5, 5.41) is 1.23. The number of aromatic nitrogens is 2. The number of nitrogens with zero attached hydrogens (tertiary/aromatic N) is 2. The van der Waals surface area contributed by atoms with Gasteiger partial charge in [0.15, 0.2) is 0 Å². The molecule has 0 atom stereocenters. The number of pyridine rings is 1. The first-order chi connectivity index (χ1) is 11.3. The summed E-state index contributed by atoms with van der Waals surface area (Å²) in [5.74, 6) is 0.556. The second-order valence-electron chi connectivity index (χ2n) is 5.59. The maximum atomic E-state index is 5.83.